The van der Waals surface area contributed by atoms with Gasteiger partial charge in [-0.2, -0.15) is 0 Å². The SMILES string of the molecule is CCOc1ccc(C(C)NC(=O)c2csc(C)c2)cc1. The van der Waals surface area contributed by atoms with Crippen LogP contribution in [0.15, 0.2) is 35.7 Å². The van der Waals surface area contributed by atoms with Crippen LogP contribution in [0, 0.1) is 6.92 Å². The summed E-state index contributed by atoms with van der Waals surface area (Å²) in [5, 5.41) is 4.89. The van der Waals surface area contributed by atoms with E-state index in [1.54, 1.807) is 11.3 Å². The van der Waals surface area contributed by atoms with Gasteiger partial charge in [0.1, 0.15) is 5.75 Å². The molecule has 1 unspecified atom stereocenters. The van der Waals surface area contributed by atoms with Crippen LogP contribution in [-0.2, 0) is 0 Å². The summed E-state index contributed by atoms with van der Waals surface area (Å²) in [6, 6.07) is 9.69. The molecule has 0 aliphatic rings. The van der Waals surface area contributed by atoms with E-state index in [0.717, 1.165) is 21.8 Å². The molecule has 106 valence electrons. The molecule has 0 aliphatic heterocycles. The van der Waals surface area contributed by atoms with E-state index in [4.69, 9.17) is 4.74 Å². The molecule has 1 aromatic carbocycles. The van der Waals surface area contributed by atoms with E-state index in [1.807, 2.05) is 56.5 Å². The molecule has 2 aromatic rings. The third-order valence-electron chi connectivity index (χ3n) is 3.03. The monoisotopic (exact) mass is 289 g/mol. The van der Waals surface area contributed by atoms with Crippen molar-refractivity contribution in [3.8, 4) is 5.75 Å². The fourth-order valence-corrected chi connectivity index (χ4v) is 2.63. The van der Waals surface area contributed by atoms with E-state index >= 15 is 0 Å². The van der Waals surface area contributed by atoms with Crippen LogP contribution in [0.4, 0.5) is 0 Å². The molecule has 0 aliphatic carbocycles. The number of amides is 1. The van der Waals surface area contributed by atoms with Crippen LogP contribution in [0.5, 0.6) is 5.75 Å². The minimum Gasteiger partial charge on any atom is -0.494 e. The maximum absolute atomic E-state index is 12.1. The Hall–Kier alpha value is -1.81. The lowest BCUT2D eigenvalue weighted by Crippen LogP contribution is -2.26. The Morgan fingerprint density at radius 3 is 2.60 bits per heavy atom. The van der Waals surface area contributed by atoms with Gasteiger partial charge in [-0.25, -0.2) is 0 Å². The minimum absolute atomic E-state index is 0.0293. The molecule has 0 bridgehead atoms. The highest BCUT2D eigenvalue weighted by Gasteiger charge is 2.12. The second-order valence-electron chi connectivity index (χ2n) is 4.64. The lowest BCUT2D eigenvalue weighted by molar-refractivity contribution is 0.0940. The molecule has 0 saturated heterocycles. The highest BCUT2D eigenvalue weighted by Crippen LogP contribution is 2.19. The van der Waals surface area contributed by atoms with Crippen molar-refractivity contribution in [3.63, 3.8) is 0 Å². The van der Waals surface area contributed by atoms with Gasteiger partial charge >= 0.3 is 0 Å². The summed E-state index contributed by atoms with van der Waals surface area (Å²) in [5.74, 6) is 0.818. The zero-order chi connectivity index (χ0) is 14.5. The van der Waals surface area contributed by atoms with Crippen molar-refractivity contribution < 1.29 is 9.53 Å². The zero-order valence-electron chi connectivity index (χ0n) is 12.0. The van der Waals surface area contributed by atoms with E-state index < -0.39 is 0 Å². The molecule has 3 nitrogen and oxygen atoms in total. The van der Waals surface area contributed by atoms with E-state index in [9.17, 15) is 4.79 Å². The highest BCUT2D eigenvalue weighted by molar-refractivity contribution is 7.10. The summed E-state index contributed by atoms with van der Waals surface area (Å²) in [7, 11) is 0. The van der Waals surface area contributed by atoms with Gasteiger partial charge in [0, 0.05) is 10.3 Å². The van der Waals surface area contributed by atoms with Gasteiger partial charge in [-0.15, -0.1) is 11.3 Å². The number of ether oxygens (including phenoxy) is 1. The molecular formula is C16H19NO2S. The number of nitrogens with one attached hydrogen (secondary N) is 1. The van der Waals surface area contributed by atoms with Crippen LogP contribution in [0.1, 0.15) is 40.7 Å². The normalized spacial score (nSPS) is 11.9. The average Bonchev–Trinajstić information content (AvgIpc) is 2.86. The molecule has 20 heavy (non-hydrogen) atoms. The molecule has 1 N–H and O–H groups in total. The van der Waals surface area contributed by atoms with Crippen molar-refractivity contribution in [1.29, 1.82) is 0 Å². The molecule has 1 aromatic heterocycles. The first-order valence-corrected chi connectivity index (χ1v) is 7.57. The van der Waals surface area contributed by atoms with Gasteiger partial charge in [0.25, 0.3) is 5.91 Å². The molecular weight excluding hydrogens is 270 g/mol. The highest BCUT2D eigenvalue weighted by atomic mass is 32.1. The van der Waals surface area contributed by atoms with E-state index in [0.29, 0.717) is 6.61 Å². The maximum atomic E-state index is 12.1. The summed E-state index contributed by atoms with van der Waals surface area (Å²) < 4.78 is 5.41. The number of hydrogen-bond acceptors (Lipinski definition) is 3. The second kappa shape index (κ2) is 6.57. The topological polar surface area (TPSA) is 38.3 Å². The molecule has 2 rings (SSSR count). The second-order valence-corrected chi connectivity index (χ2v) is 5.76. The number of benzene rings is 1. The van der Waals surface area contributed by atoms with Crippen LogP contribution in [0.25, 0.3) is 0 Å². The molecule has 0 saturated carbocycles. The first-order valence-electron chi connectivity index (χ1n) is 6.69. The van der Waals surface area contributed by atoms with Crippen LogP contribution in [0.2, 0.25) is 0 Å². The smallest absolute Gasteiger partial charge is 0.252 e. The Kier molecular flexibility index (Phi) is 4.79. The number of carbonyl (C=O) groups is 1. The maximum Gasteiger partial charge on any atom is 0.252 e. The van der Waals surface area contributed by atoms with Gasteiger partial charge in [-0.3, -0.25) is 4.79 Å². The third kappa shape index (κ3) is 3.61. The van der Waals surface area contributed by atoms with Crippen molar-refractivity contribution in [2.45, 2.75) is 26.8 Å². The summed E-state index contributed by atoms with van der Waals surface area (Å²) in [4.78, 5) is 13.2. The lowest BCUT2D eigenvalue weighted by atomic mass is 10.1. The van der Waals surface area contributed by atoms with Gasteiger partial charge in [0.05, 0.1) is 18.2 Å². The van der Waals surface area contributed by atoms with Gasteiger partial charge < -0.3 is 10.1 Å². The van der Waals surface area contributed by atoms with Crippen LogP contribution in [-0.4, -0.2) is 12.5 Å². The van der Waals surface area contributed by atoms with E-state index in [-0.39, 0.29) is 11.9 Å². The number of thiophene rings is 1. The van der Waals surface area contributed by atoms with Crippen LogP contribution in [0.3, 0.4) is 0 Å². The first-order chi connectivity index (χ1) is 9.60. The van der Waals surface area contributed by atoms with Crippen LogP contribution < -0.4 is 10.1 Å². The van der Waals surface area contributed by atoms with E-state index in [2.05, 4.69) is 5.32 Å². The van der Waals surface area contributed by atoms with Crippen molar-refractivity contribution in [2.24, 2.45) is 0 Å². The minimum atomic E-state index is -0.0317. The molecule has 1 amide bonds. The Bertz CT molecular complexity index is 574. The standard InChI is InChI=1S/C16H19NO2S/c1-4-19-15-7-5-13(6-8-15)12(3)17-16(18)14-9-11(2)20-10-14/h5-10,12H,4H2,1-3H3,(H,17,18). The van der Waals surface area contributed by atoms with Crippen molar-refractivity contribution >= 4 is 17.2 Å². The van der Waals surface area contributed by atoms with Gasteiger partial charge in [0.2, 0.25) is 0 Å². The third-order valence-corrected chi connectivity index (χ3v) is 3.89. The largest absolute Gasteiger partial charge is 0.494 e. The molecule has 0 radical (unpaired) electrons. The Labute approximate surface area is 123 Å². The quantitative estimate of drug-likeness (QED) is 0.905. The first kappa shape index (κ1) is 14.6. The summed E-state index contributed by atoms with van der Waals surface area (Å²) >= 11 is 1.59. The molecule has 0 fully saturated rings. The van der Waals surface area contributed by atoms with Gasteiger partial charge in [-0.1, -0.05) is 12.1 Å². The fourth-order valence-electron chi connectivity index (χ4n) is 1.95. The zero-order valence-corrected chi connectivity index (χ0v) is 12.8. The number of rotatable bonds is 5. The fraction of sp³-hybridized carbons (Fsp3) is 0.312. The molecule has 4 heteroatoms. The molecule has 0 spiro atoms. The Balaban J connectivity index is 2.00. The lowest BCUT2D eigenvalue weighted by Gasteiger charge is -2.14. The number of hydrogen-bond donors (Lipinski definition) is 1. The summed E-state index contributed by atoms with van der Waals surface area (Å²) in [5.41, 5.74) is 1.79. The number of carbonyl (C=O) groups excluding carboxylic acids is 1. The number of aryl methyl sites for hydroxylation is 1. The predicted octanol–water partition coefficient (Wildman–Crippen LogP) is 3.95. The van der Waals surface area contributed by atoms with Crippen molar-refractivity contribution in [1.82, 2.24) is 5.32 Å². The van der Waals surface area contributed by atoms with Gasteiger partial charge in [-0.05, 0) is 44.5 Å². The van der Waals surface area contributed by atoms with E-state index in [1.165, 1.54) is 0 Å². The molecule has 1 atom stereocenters. The van der Waals surface area contributed by atoms with Crippen molar-refractivity contribution in [2.75, 3.05) is 6.61 Å². The summed E-state index contributed by atoms with van der Waals surface area (Å²) in [6.07, 6.45) is 0. The van der Waals surface area contributed by atoms with Crippen molar-refractivity contribution in [3.05, 3.63) is 51.7 Å². The van der Waals surface area contributed by atoms with Gasteiger partial charge in [0.15, 0.2) is 0 Å². The Morgan fingerprint density at radius 1 is 1.35 bits per heavy atom. The summed E-state index contributed by atoms with van der Waals surface area (Å²) in [6.45, 7) is 6.59. The Morgan fingerprint density at radius 2 is 2.05 bits per heavy atom. The van der Waals surface area contributed by atoms with Crippen LogP contribution >= 0.6 is 11.3 Å². The average molecular weight is 289 g/mol. The molecule has 1 heterocycles. The predicted molar refractivity (Wildman–Crippen MR) is 82.5 cm³/mol.